The van der Waals surface area contributed by atoms with Gasteiger partial charge in [-0.3, -0.25) is 4.79 Å². The second kappa shape index (κ2) is 7.68. The Labute approximate surface area is 159 Å². The summed E-state index contributed by atoms with van der Waals surface area (Å²) < 4.78 is 1.77. The maximum atomic E-state index is 12.8. The van der Waals surface area contributed by atoms with E-state index < -0.39 is 0 Å². The van der Waals surface area contributed by atoms with Gasteiger partial charge in [0.15, 0.2) is 0 Å². The normalized spacial score (nSPS) is 10.8. The zero-order valence-electron chi connectivity index (χ0n) is 14.0. The van der Waals surface area contributed by atoms with E-state index in [0.717, 1.165) is 22.7 Å². The smallest absolute Gasteiger partial charge is 0.255 e. The van der Waals surface area contributed by atoms with Gasteiger partial charge in [0.25, 0.3) is 5.91 Å². The molecule has 1 N–H and O–H groups in total. The van der Waals surface area contributed by atoms with E-state index in [1.165, 1.54) is 4.88 Å². The van der Waals surface area contributed by atoms with Crippen molar-refractivity contribution in [1.82, 2.24) is 15.1 Å². The number of nitrogens with one attached hydrogen (secondary N) is 1. The third-order valence-electron chi connectivity index (χ3n) is 3.97. The summed E-state index contributed by atoms with van der Waals surface area (Å²) in [6.07, 6.45) is 2.65. The van der Waals surface area contributed by atoms with Gasteiger partial charge in [-0.1, -0.05) is 30.3 Å². The lowest BCUT2D eigenvalue weighted by Crippen LogP contribution is -2.25. The van der Waals surface area contributed by atoms with Crippen molar-refractivity contribution in [3.05, 3.63) is 82.0 Å². The van der Waals surface area contributed by atoms with Gasteiger partial charge in [0, 0.05) is 17.6 Å². The lowest BCUT2D eigenvalue weighted by molar-refractivity contribution is 0.0955. The van der Waals surface area contributed by atoms with Crippen LogP contribution in [0, 0.1) is 0 Å². The molecule has 0 unspecified atom stereocenters. The van der Waals surface area contributed by atoms with Gasteiger partial charge in [0.2, 0.25) is 0 Å². The molecule has 4 aromatic rings. The summed E-state index contributed by atoms with van der Waals surface area (Å²) >= 11 is 3.29. The molecule has 3 aromatic heterocycles. The zero-order valence-corrected chi connectivity index (χ0v) is 15.6. The highest BCUT2D eigenvalue weighted by molar-refractivity contribution is 7.13. The van der Waals surface area contributed by atoms with Crippen LogP contribution in [0.5, 0.6) is 0 Å². The molecular weight excluding hydrogens is 362 g/mol. The number of amides is 1. The van der Waals surface area contributed by atoms with Crippen LogP contribution in [-0.4, -0.2) is 22.2 Å². The van der Waals surface area contributed by atoms with Crippen LogP contribution in [0.1, 0.15) is 15.2 Å². The van der Waals surface area contributed by atoms with Crippen LogP contribution < -0.4 is 5.32 Å². The molecule has 4 rings (SSSR count). The number of benzene rings is 1. The van der Waals surface area contributed by atoms with Crippen LogP contribution in [0.2, 0.25) is 0 Å². The molecular formula is C20H17N3OS2. The molecule has 0 saturated carbocycles. The minimum absolute atomic E-state index is 0.0906. The van der Waals surface area contributed by atoms with Crippen molar-refractivity contribution in [2.45, 2.75) is 6.42 Å². The maximum absolute atomic E-state index is 12.8. The molecule has 0 bridgehead atoms. The minimum atomic E-state index is -0.0906. The Kier molecular flexibility index (Phi) is 4.95. The first-order valence-corrected chi connectivity index (χ1v) is 10.1. The van der Waals surface area contributed by atoms with Gasteiger partial charge in [-0.05, 0) is 41.4 Å². The number of thiophene rings is 2. The molecule has 0 aliphatic carbocycles. The number of carbonyl (C=O) groups is 1. The third-order valence-corrected chi connectivity index (χ3v) is 5.78. The van der Waals surface area contributed by atoms with Crippen molar-refractivity contribution < 1.29 is 4.79 Å². The number of para-hydroxylation sites is 1. The molecule has 6 heteroatoms. The average Bonchev–Trinajstić information content (AvgIpc) is 3.42. The SMILES string of the molecule is O=C(NCCc1cccs1)c1cn(-c2ccccc2)nc1-c1cccs1. The third kappa shape index (κ3) is 3.61. The van der Waals surface area contributed by atoms with Crippen LogP contribution in [0.25, 0.3) is 16.3 Å². The molecule has 0 fully saturated rings. The van der Waals surface area contributed by atoms with Gasteiger partial charge in [-0.25, -0.2) is 4.68 Å². The summed E-state index contributed by atoms with van der Waals surface area (Å²) in [6, 6.07) is 17.9. The van der Waals surface area contributed by atoms with E-state index in [4.69, 9.17) is 0 Å². The van der Waals surface area contributed by atoms with Crippen molar-refractivity contribution in [2.75, 3.05) is 6.54 Å². The topological polar surface area (TPSA) is 46.9 Å². The number of rotatable bonds is 6. The summed E-state index contributed by atoms with van der Waals surface area (Å²) in [5, 5.41) is 11.7. The van der Waals surface area contributed by atoms with Crippen molar-refractivity contribution in [2.24, 2.45) is 0 Å². The largest absolute Gasteiger partial charge is 0.352 e. The van der Waals surface area contributed by atoms with E-state index in [1.54, 1.807) is 27.4 Å². The number of hydrogen-bond acceptors (Lipinski definition) is 4. The van der Waals surface area contributed by atoms with E-state index >= 15 is 0 Å². The Morgan fingerprint density at radius 2 is 1.81 bits per heavy atom. The van der Waals surface area contributed by atoms with Crippen LogP contribution in [0.4, 0.5) is 0 Å². The summed E-state index contributed by atoms with van der Waals surface area (Å²) in [7, 11) is 0. The van der Waals surface area contributed by atoms with Crippen LogP contribution >= 0.6 is 22.7 Å². The first-order chi connectivity index (χ1) is 12.8. The highest BCUT2D eigenvalue weighted by Gasteiger charge is 2.19. The monoisotopic (exact) mass is 379 g/mol. The standard InChI is InChI=1S/C20H17N3OS2/c24-20(21-11-10-16-8-4-12-25-16)17-14-23(15-6-2-1-3-7-15)22-19(17)18-9-5-13-26-18/h1-9,12-14H,10-11H2,(H,21,24). The average molecular weight is 380 g/mol. The molecule has 4 nitrogen and oxygen atoms in total. The first-order valence-electron chi connectivity index (χ1n) is 8.31. The highest BCUT2D eigenvalue weighted by Crippen LogP contribution is 2.27. The van der Waals surface area contributed by atoms with Crippen LogP contribution in [-0.2, 0) is 6.42 Å². The Morgan fingerprint density at radius 3 is 2.54 bits per heavy atom. The lowest BCUT2D eigenvalue weighted by atomic mass is 10.2. The predicted octanol–water partition coefficient (Wildman–Crippen LogP) is 4.63. The maximum Gasteiger partial charge on any atom is 0.255 e. The van der Waals surface area contributed by atoms with E-state index in [2.05, 4.69) is 21.9 Å². The van der Waals surface area contributed by atoms with Crippen LogP contribution in [0.15, 0.2) is 71.6 Å². The summed E-state index contributed by atoms with van der Waals surface area (Å²) in [6.45, 7) is 0.611. The van der Waals surface area contributed by atoms with Gasteiger partial charge in [0.1, 0.15) is 5.69 Å². The Hall–Kier alpha value is -2.70. The second-order valence-electron chi connectivity index (χ2n) is 5.73. The summed E-state index contributed by atoms with van der Waals surface area (Å²) in [5.41, 5.74) is 2.25. The summed E-state index contributed by atoms with van der Waals surface area (Å²) in [4.78, 5) is 15.0. The number of nitrogens with zero attached hydrogens (tertiary/aromatic N) is 2. The Balaban J connectivity index is 1.59. The molecule has 1 amide bonds. The van der Waals surface area contributed by atoms with Gasteiger partial charge >= 0.3 is 0 Å². The van der Waals surface area contributed by atoms with Gasteiger partial charge in [-0.2, -0.15) is 5.10 Å². The fraction of sp³-hybridized carbons (Fsp3) is 0.100. The minimum Gasteiger partial charge on any atom is -0.352 e. The second-order valence-corrected chi connectivity index (χ2v) is 7.71. The molecule has 3 heterocycles. The molecule has 0 saturated heterocycles. The lowest BCUT2D eigenvalue weighted by Gasteiger charge is -2.03. The van der Waals surface area contributed by atoms with E-state index in [1.807, 2.05) is 60.1 Å². The van der Waals surface area contributed by atoms with Crippen molar-refractivity contribution >= 4 is 28.6 Å². The van der Waals surface area contributed by atoms with E-state index in [0.29, 0.717) is 12.1 Å². The molecule has 1 aromatic carbocycles. The fourth-order valence-corrected chi connectivity index (χ4v) is 4.13. The quantitative estimate of drug-likeness (QED) is 0.531. The molecule has 0 atom stereocenters. The number of carbonyl (C=O) groups excluding carboxylic acids is 1. The van der Waals surface area contributed by atoms with E-state index in [9.17, 15) is 4.79 Å². The fourth-order valence-electron chi connectivity index (χ4n) is 2.70. The number of hydrogen-bond donors (Lipinski definition) is 1. The van der Waals surface area contributed by atoms with Gasteiger partial charge in [0.05, 0.1) is 16.1 Å². The highest BCUT2D eigenvalue weighted by atomic mass is 32.1. The van der Waals surface area contributed by atoms with Crippen molar-refractivity contribution in [1.29, 1.82) is 0 Å². The molecule has 130 valence electrons. The first kappa shape index (κ1) is 16.8. The Bertz CT molecular complexity index is 974. The van der Waals surface area contributed by atoms with Gasteiger partial charge < -0.3 is 5.32 Å². The molecule has 26 heavy (non-hydrogen) atoms. The van der Waals surface area contributed by atoms with E-state index in [-0.39, 0.29) is 5.91 Å². The molecule has 0 radical (unpaired) electrons. The molecule has 0 aliphatic rings. The number of aromatic nitrogens is 2. The Morgan fingerprint density at radius 1 is 1.00 bits per heavy atom. The van der Waals surface area contributed by atoms with Crippen molar-refractivity contribution in [3.8, 4) is 16.3 Å². The predicted molar refractivity (Wildman–Crippen MR) is 107 cm³/mol. The van der Waals surface area contributed by atoms with Crippen molar-refractivity contribution in [3.63, 3.8) is 0 Å². The summed E-state index contributed by atoms with van der Waals surface area (Å²) in [5.74, 6) is -0.0906. The zero-order chi connectivity index (χ0) is 17.8. The molecule has 0 spiro atoms. The van der Waals surface area contributed by atoms with Gasteiger partial charge in [-0.15, -0.1) is 22.7 Å². The van der Waals surface area contributed by atoms with Crippen LogP contribution in [0.3, 0.4) is 0 Å². The molecule has 0 aliphatic heterocycles.